The Morgan fingerprint density at radius 3 is 3.05 bits per heavy atom. The van der Waals surface area contributed by atoms with Crippen molar-refractivity contribution in [3.63, 3.8) is 0 Å². The number of nitrogens with two attached hydrogens (primary N) is 1. The fourth-order valence-corrected chi connectivity index (χ4v) is 2.69. The molecule has 1 aromatic rings. The van der Waals surface area contributed by atoms with Gasteiger partial charge < -0.3 is 20.7 Å². The molecule has 0 aliphatic carbocycles. The van der Waals surface area contributed by atoms with Gasteiger partial charge in [0.2, 0.25) is 5.91 Å². The molecular formula is C16H25N3O2. The molecule has 1 unspecified atom stereocenters. The van der Waals surface area contributed by atoms with Gasteiger partial charge in [0.05, 0.1) is 18.2 Å². The predicted molar refractivity (Wildman–Crippen MR) is 85.6 cm³/mol. The SMILES string of the molecule is CCCOc1cc(N2CCCC(C(=O)NC)C2)ccc1N. The summed E-state index contributed by atoms with van der Waals surface area (Å²) in [6.07, 6.45) is 2.92. The molecule has 0 spiro atoms. The van der Waals surface area contributed by atoms with Gasteiger partial charge >= 0.3 is 0 Å². The van der Waals surface area contributed by atoms with Gasteiger partial charge in [-0.05, 0) is 31.4 Å². The van der Waals surface area contributed by atoms with Crippen molar-refractivity contribution in [2.75, 3.05) is 37.4 Å². The Balaban J connectivity index is 2.11. The maximum atomic E-state index is 11.8. The number of anilines is 2. The van der Waals surface area contributed by atoms with Crippen LogP contribution in [-0.2, 0) is 4.79 Å². The van der Waals surface area contributed by atoms with Gasteiger partial charge in [-0.15, -0.1) is 0 Å². The number of nitrogens with zero attached hydrogens (tertiary/aromatic N) is 1. The number of hydrogen-bond acceptors (Lipinski definition) is 4. The van der Waals surface area contributed by atoms with Crippen molar-refractivity contribution in [3.8, 4) is 5.75 Å². The Morgan fingerprint density at radius 2 is 2.33 bits per heavy atom. The number of piperidine rings is 1. The van der Waals surface area contributed by atoms with Gasteiger partial charge in [-0.1, -0.05) is 6.92 Å². The van der Waals surface area contributed by atoms with Crippen molar-refractivity contribution in [1.82, 2.24) is 5.32 Å². The molecule has 5 nitrogen and oxygen atoms in total. The normalized spacial score (nSPS) is 18.4. The summed E-state index contributed by atoms with van der Waals surface area (Å²) in [4.78, 5) is 14.1. The number of rotatable bonds is 5. The highest BCUT2D eigenvalue weighted by atomic mass is 16.5. The number of amides is 1. The molecule has 1 aromatic carbocycles. The Kier molecular flexibility index (Phi) is 5.31. The lowest BCUT2D eigenvalue weighted by Crippen LogP contribution is -2.42. The highest BCUT2D eigenvalue weighted by Crippen LogP contribution is 2.30. The zero-order valence-electron chi connectivity index (χ0n) is 12.9. The average molecular weight is 291 g/mol. The molecular weight excluding hydrogens is 266 g/mol. The summed E-state index contributed by atoms with van der Waals surface area (Å²) in [6, 6.07) is 5.86. The molecule has 1 fully saturated rings. The van der Waals surface area contributed by atoms with Crippen molar-refractivity contribution >= 4 is 17.3 Å². The van der Waals surface area contributed by atoms with Crippen LogP contribution in [0.4, 0.5) is 11.4 Å². The molecule has 116 valence electrons. The van der Waals surface area contributed by atoms with Crippen LogP contribution < -0.4 is 20.7 Å². The third-order valence-electron chi connectivity index (χ3n) is 3.86. The number of carbonyl (C=O) groups is 1. The second kappa shape index (κ2) is 7.20. The first-order chi connectivity index (χ1) is 10.2. The van der Waals surface area contributed by atoms with Crippen LogP contribution in [0.3, 0.4) is 0 Å². The molecule has 21 heavy (non-hydrogen) atoms. The molecule has 1 atom stereocenters. The first kappa shape index (κ1) is 15.5. The Bertz CT molecular complexity index is 490. The van der Waals surface area contributed by atoms with Crippen LogP contribution in [0.25, 0.3) is 0 Å². The predicted octanol–water partition coefficient (Wildman–Crippen LogP) is 2.02. The second-order valence-electron chi connectivity index (χ2n) is 5.47. The molecule has 1 aliphatic heterocycles. The fourth-order valence-electron chi connectivity index (χ4n) is 2.69. The van der Waals surface area contributed by atoms with Crippen molar-refractivity contribution in [1.29, 1.82) is 0 Å². The molecule has 2 rings (SSSR count). The van der Waals surface area contributed by atoms with Crippen LogP contribution in [-0.4, -0.2) is 32.7 Å². The van der Waals surface area contributed by atoms with E-state index in [0.29, 0.717) is 12.3 Å². The third-order valence-corrected chi connectivity index (χ3v) is 3.86. The number of ether oxygens (including phenoxy) is 1. The Labute approximate surface area is 126 Å². The summed E-state index contributed by atoms with van der Waals surface area (Å²) in [6.45, 7) is 4.44. The number of carbonyl (C=O) groups excluding carboxylic acids is 1. The van der Waals surface area contributed by atoms with E-state index in [1.165, 1.54) is 0 Å². The maximum absolute atomic E-state index is 11.8. The minimum atomic E-state index is 0.0568. The monoisotopic (exact) mass is 291 g/mol. The van der Waals surface area contributed by atoms with Gasteiger partial charge in [-0.2, -0.15) is 0 Å². The largest absolute Gasteiger partial charge is 0.491 e. The van der Waals surface area contributed by atoms with Gasteiger partial charge in [0, 0.05) is 31.9 Å². The summed E-state index contributed by atoms with van der Waals surface area (Å²) in [5.74, 6) is 0.912. The molecule has 1 amide bonds. The van der Waals surface area contributed by atoms with E-state index in [4.69, 9.17) is 10.5 Å². The summed E-state index contributed by atoms with van der Waals surface area (Å²) in [5.41, 5.74) is 7.68. The highest BCUT2D eigenvalue weighted by molar-refractivity contribution is 5.79. The van der Waals surface area contributed by atoms with E-state index in [1.807, 2.05) is 18.2 Å². The van der Waals surface area contributed by atoms with Crippen molar-refractivity contribution in [3.05, 3.63) is 18.2 Å². The Morgan fingerprint density at radius 1 is 1.52 bits per heavy atom. The lowest BCUT2D eigenvalue weighted by atomic mass is 9.96. The van der Waals surface area contributed by atoms with E-state index in [0.717, 1.165) is 43.8 Å². The third kappa shape index (κ3) is 3.80. The summed E-state index contributed by atoms with van der Waals surface area (Å²) in [5, 5.41) is 2.74. The molecule has 1 saturated heterocycles. The van der Waals surface area contributed by atoms with Crippen molar-refractivity contribution in [2.24, 2.45) is 5.92 Å². The minimum Gasteiger partial charge on any atom is -0.491 e. The molecule has 3 N–H and O–H groups in total. The van der Waals surface area contributed by atoms with Crippen LogP contribution >= 0.6 is 0 Å². The van der Waals surface area contributed by atoms with E-state index in [1.54, 1.807) is 7.05 Å². The lowest BCUT2D eigenvalue weighted by molar-refractivity contribution is -0.124. The summed E-state index contributed by atoms with van der Waals surface area (Å²) >= 11 is 0. The first-order valence-electron chi connectivity index (χ1n) is 7.64. The number of nitrogen functional groups attached to an aromatic ring is 1. The van der Waals surface area contributed by atoms with E-state index in [-0.39, 0.29) is 11.8 Å². The molecule has 0 radical (unpaired) electrons. The smallest absolute Gasteiger partial charge is 0.224 e. The molecule has 1 aliphatic rings. The molecule has 0 saturated carbocycles. The van der Waals surface area contributed by atoms with E-state index in [2.05, 4.69) is 17.1 Å². The first-order valence-corrected chi connectivity index (χ1v) is 7.64. The van der Waals surface area contributed by atoms with Crippen molar-refractivity contribution in [2.45, 2.75) is 26.2 Å². The second-order valence-corrected chi connectivity index (χ2v) is 5.47. The zero-order chi connectivity index (χ0) is 15.2. The van der Waals surface area contributed by atoms with Crippen molar-refractivity contribution < 1.29 is 9.53 Å². The quantitative estimate of drug-likeness (QED) is 0.815. The van der Waals surface area contributed by atoms with Gasteiger partial charge in [-0.3, -0.25) is 4.79 Å². The van der Waals surface area contributed by atoms with Crippen LogP contribution in [0.5, 0.6) is 5.75 Å². The highest BCUT2D eigenvalue weighted by Gasteiger charge is 2.25. The van der Waals surface area contributed by atoms with Crippen LogP contribution in [0.2, 0.25) is 0 Å². The van der Waals surface area contributed by atoms with E-state index >= 15 is 0 Å². The molecule has 5 heteroatoms. The van der Waals surface area contributed by atoms with Gasteiger partial charge in [0.1, 0.15) is 5.75 Å². The number of hydrogen-bond donors (Lipinski definition) is 2. The summed E-state index contributed by atoms with van der Waals surface area (Å²) in [7, 11) is 1.70. The maximum Gasteiger partial charge on any atom is 0.224 e. The number of benzene rings is 1. The zero-order valence-corrected chi connectivity index (χ0v) is 12.9. The fraction of sp³-hybridized carbons (Fsp3) is 0.562. The van der Waals surface area contributed by atoms with Crippen LogP contribution in [0, 0.1) is 5.92 Å². The average Bonchev–Trinajstić information content (AvgIpc) is 2.53. The topological polar surface area (TPSA) is 67.6 Å². The Hall–Kier alpha value is -1.91. The van der Waals surface area contributed by atoms with Crippen LogP contribution in [0.15, 0.2) is 18.2 Å². The van der Waals surface area contributed by atoms with E-state index < -0.39 is 0 Å². The standard InChI is InChI=1S/C16H25N3O2/c1-3-9-21-15-10-13(6-7-14(15)17)19-8-4-5-12(11-19)16(20)18-2/h6-7,10,12H,3-5,8-9,11,17H2,1-2H3,(H,18,20). The van der Waals surface area contributed by atoms with Crippen LogP contribution in [0.1, 0.15) is 26.2 Å². The van der Waals surface area contributed by atoms with Gasteiger partial charge in [-0.25, -0.2) is 0 Å². The van der Waals surface area contributed by atoms with Gasteiger partial charge in [0.15, 0.2) is 0 Å². The number of nitrogens with one attached hydrogen (secondary N) is 1. The van der Waals surface area contributed by atoms with Gasteiger partial charge in [0.25, 0.3) is 0 Å². The lowest BCUT2D eigenvalue weighted by Gasteiger charge is -2.33. The minimum absolute atomic E-state index is 0.0568. The summed E-state index contributed by atoms with van der Waals surface area (Å²) < 4.78 is 5.68. The molecule has 1 heterocycles. The molecule has 0 bridgehead atoms. The van der Waals surface area contributed by atoms with E-state index in [9.17, 15) is 4.79 Å². The molecule has 0 aromatic heterocycles.